The van der Waals surface area contributed by atoms with E-state index in [2.05, 4.69) is 9.80 Å². The Labute approximate surface area is 160 Å². The lowest BCUT2D eigenvalue weighted by Crippen LogP contribution is -2.55. The molecule has 0 saturated carbocycles. The van der Waals surface area contributed by atoms with Crippen LogP contribution >= 0.6 is 11.6 Å². The van der Waals surface area contributed by atoms with Crippen molar-refractivity contribution in [2.75, 3.05) is 49.6 Å². The summed E-state index contributed by atoms with van der Waals surface area (Å²) in [7, 11) is -1.26. The Hall–Kier alpha value is -1.31. The normalized spacial score (nSPS) is 24.4. The monoisotopic (exact) mass is 399 g/mol. The minimum absolute atomic E-state index is 0.00306. The number of anilines is 1. The number of carbonyl (C=O) groups excluding carboxylic acids is 1. The molecule has 2 atom stereocenters. The summed E-state index contributed by atoms with van der Waals surface area (Å²) in [6.07, 6.45) is 0.542. The quantitative estimate of drug-likeness (QED) is 0.767. The third-order valence-corrected chi connectivity index (χ3v) is 7.48. The highest BCUT2D eigenvalue weighted by atomic mass is 35.5. The zero-order valence-electron chi connectivity index (χ0n) is 15.3. The Bertz CT molecular complexity index is 763. The van der Waals surface area contributed by atoms with Gasteiger partial charge in [0.05, 0.1) is 17.5 Å². The van der Waals surface area contributed by atoms with Crippen LogP contribution in [0.2, 0.25) is 5.02 Å². The van der Waals surface area contributed by atoms with Crippen molar-refractivity contribution in [3.05, 3.63) is 29.3 Å². The van der Waals surface area contributed by atoms with Crippen LogP contribution in [0, 0.1) is 0 Å². The summed E-state index contributed by atoms with van der Waals surface area (Å²) in [5.41, 5.74) is 1.10. The summed E-state index contributed by atoms with van der Waals surface area (Å²) in [5.74, 6) is 0.273. The minimum atomic E-state index is -2.99. The Morgan fingerprint density at radius 2 is 1.96 bits per heavy atom. The first-order valence-electron chi connectivity index (χ1n) is 8.98. The predicted octanol–water partition coefficient (Wildman–Crippen LogP) is 1.50. The van der Waals surface area contributed by atoms with Crippen molar-refractivity contribution in [3.8, 4) is 0 Å². The van der Waals surface area contributed by atoms with Gasteiger partial charge in [0.15, 0.2) is 9.84 Å². The number of hydrogen-bond acceptors (Lipinski definition) is 5. The molecule has 0 N–H and O–H groups in total. The molecule has 0 unspecified atom stereocenters. The molecule has 0 bridgehead atoms. The van der Waals surface area contributed by atoms with E-state index in [1.807, 2.05) is 31.2 Å². The van der Waals surface area contributed by atoms with Crippen LogP contribution in [0.15, 0.2) is 24.3 Å². The average Bonchev–Trinajstić information content (AvgIpc) is 3.00. The van der Waals surface area contributed by atoms with E-state index in [0.717, 1.165) is 36.9 Å². The van der Waals surface area contributed by atoms with Gasteiger partial charge in [0, 0.05) is 50.0 Å². The van der Waals surface area contributed by atoms with Gasteiger partial charge >= 0.3 is 0 Å². The Kier molecular flexibility index (Phi) is 5.79. The van der Waals surface area contributed by atoms with Gasteiger partial charge in [0.25, 0.3) is 0 Å². The zero-order chi connectivity index (χ0) is 18.9. The fourth-order valence-electron chi connectivity index (χ4n) is 3.75. The summed E-state index contributed by atoms with van der Waals surface area (Å²) in [4.78, 5) is 18.9. The fourth-order valence-corrected chi connectivity index (χ4v) is 5.71. The van der Waals surface area contributed by atoms with Crippen molar-refractivity contribution < 1.29 is 13.2 Å². The van der Waals surface area contributed by atoms with Gasteiger partial charge in [-0.2, -0.15) is 0 Å². The first-order chi connectivity index (χ1) is 12.3. The summed E-state index contributed by atoms with van der Waals surface area (Å²) >= 11 is 6.07. The molecule has 1 aromatic carbocycles. The molecule has 2 aliphatic rings. The van der Waals surface area contributed by atoms with Crippen LogP contribution in [0.25, 0.3) is 0 Å². The lowest BCUT2D eigenvalue weighted by molar-refractivity contribution is -0.136. The largest absolute Gasteiger partial charge is 0.369 e. The van der Waals surface area contributed by atoms with Crippen molar-refractivity contribution in [3.63, 3.8) is 0 Å². The van der Waals surface area contributed by atoms with Crippen LogP contribution in [0.3, 0.4) is 0 Å². The lowest BCUT2D eigenvalue weighted by Gasteiger charge is -2.40. The van der Waals surface area contributed by atoms with Gasteiger partial charge in [0.1, 0.15) is 0 Å². The van der Waals surface area contributed by atoms with Crippen molar-refractivity contribution in [1.29, 1.82) is 0 Å². The van der Waals surface area contributed by atoms with Crippen molar-refractivity contribution in [1.82, 2.24) is 9.80 Å². The topological polar surface area (TPSA) is 60.9 Å². The number of carbonyl (C=O) groups is 1. The highest BCUT2D eigenvalue weighted by Crippen LogP contribution is 2.22. The third-order valence-electron chi connectivity index (χ3n) is 5.50. The van der Waals surface area contributed by atoms with Crippen LogP contribution < -0.4 is 4.90 Å². The van der Waals surface area contributed by atoms with Gasteiger partial charge in [-0.1, -0.05) is 17.7 Å². The first-order valence-corrected chi connectivity index (χ1v) is 11.2. The molecule has 26 heavy (non-hydrogen) atoms. The molecule has 0 radical (unpaired) electrons. The Morgan fingerprint density at radius 1 is 1.27 bits per heavy atom. The number of hydrogen-bond donors (Lipinski definition) is 0. The van der Waals surface area contributed by atoms with Crippen LogP contribution in [-0.2, 0) is 14.6 Å². The predicted molar refractivity (Wildman–Crippen MR) is 105 cm³/mol. The van der Waals surface area contributed by atoms with Crippen LogP contribution in [-0.4, -0.2) is 80.9 Å². The summed E-state index contributed by atoms with van der Waals surface area (Å²) in [5, 5.41) is 0.724. The van der Waals surface area contributed by atoms with E-state index in [1.54, 1.807) is 11.9 Å². The van der Waals surface area contributed by atoms with Crippen LogP contribution in [0.1, 0.15) is 13.3 Å². The van der Waals surface area contributed by atoms with E-state index < -0.39 is 9.84 Å². The van der Waals surface area contributed by atoms with Crippen molar-refractivity contribution in [2.45, 2.75) is 25.4 Å². The first kappa shape index (κ1) is 19.5. The van der Waals surface area contributed by atoms with E-state index in [1.165, 1.54) is 0 Å². The minimum Gasteiger partial charge on any atom is -0.369 e. The van der Waals surface area contributed by atoms with Gasteiger partial charge in [-0.05, 0) is 31.5 Å². The van der Waals surface area contributed by atoms with Crippen LogP contribution in [0.4, 0.5) is 5.69 Å². The zero-order valence-corrected chi connectivity index (χ0v) is 16.8. The molecule has 144 valence electrons. The molecular weight excluding hydrogens is 374 g/mol. The lowest BCUT2D eigenvalue weighted by atomic mass is 10.1. The van der Waals surface area contributed by atoms with Gasteiger partial charge < -0.3 is 9.80 Å². The molecule has 6 nitrogen and oxygen atoms in total. The number of amides is 1. The number of benzene rings is 1. The molecule has 2 saturated heterocycles. The number of rotatable bonds is 4. The molecule has 1 aromatic rings. The van der Waals surface area contributed by atoms with Crippen molar-refractivity contribution in [2.24, 2.45) is 0 Å². The third kappa shape index (κ3) is 4.32. The number of nitrogens with zero attached hydrogens (tertiary/aromatic N) is 3. The number of likely N-dealkylation sites (N-methyl/N-ethyl adjacent to an activating group) is 1. The smallest absolute Gasteiger partial charge is 0.239 e. The Balaban J connectivity index is 1.56. The maximum absolute atomic E-state index is 12.8. The van der Waals surface area contributed by atoms with Gasteiger partial charge in [-0.15, -0.1) is 0 Å². The highest BCUT2D eigenvalue weighted by molar-refractivity contribution is 7.91. The van der Waals surface area contributed by atoms with E-state index >= 15 is 0 Å². The average molecular weight is 400 g/mol. The molecule has 3 rings (SSSR count). The summed E-state index contributed by atoms with van der Waals surface area (Å²) in [6, 6.07) is 7.37. The van der Waals surface area contributed by atoms with E-state index in [-0.39, 0.29) is 29.5 Å². The molecule has 2 heterocycles. The van der Waals surface area contributed by atoms with Gasteiger partial charge in [-0.25, -0.2) is 8.42 Å². The summed E-state index contributed by atoms with van der Waals surface area (Å²) in [6.45, 7) is 5.16. The molecule has 1 amide bonds. The maximum atomic E-state index is 12.8. The molecule has 0 aromatic heterocycles. The molecule has 2 aliphatic heterocycles. The molecule has 0 spiro atoms. The van der Waals surface area contributed by atoms with Crippen molar-refractivity contribution >= 4 is 33.0 Å². The number of piperazine rings is 1. The van der Waals surface area contributed by atoms with E-state index in [4.69, 9.17) is 11.6 Å². The second kappa shape index (κ2) is 7.74. The second-order valence-electron chi connectivity index (χ2n) is 7.18. The second-order valence-corrected chi connectivity index (χ2v) is 9.85. The van der Waals surface area contributed by atoms with E-state index in [0.29, 0.717) is 6.42 Å². The molecule has 2 fully saturated rings. The number of halogens is 1. The SMILES string of the molecule is C[C@@H](C(=O)N(C)[C@@H]1CCS(=O)(=O)C1)N1CCN(c2cccc(Cl)c2)CC1. The fraction of sp³-hybridized carbons (Fsp3) is 0.611. The van der Waals surface area contributed by atoms with Gasteiger partial charge in [-0.3, -0.25) is 9.69 Å². The maximum Gasteiger partial charge on any atom is 0.239 e. The number of sulfone groups is 1. The molecule has 0 aliphatic carbocycles. The summed E-state index contributed by atoms with van der Waals surface area (Å²) < 4.78 is 23.3. The van der Waals surface area contributed by atoms with Crippen LogP contribution in [0.5, 0.6) is 0 Å². The standard InChI is InChI=1S/C18H26ClN3O3S/c1-14(18(23)20(2)17-6-11-26(24,25)13-17)21-7-9-22(10-8-21)16-5-3-4-15(19)12-16/h3-5,12,14,17H,6-11,13H2,1-2H3/t14-,17+/m0/s1. The highest BCUT2D eigenvalue weighted by Gasteiger charge is 2.35. The Morgan fingerprint density at radius 3 is 2.54 bits per heavy atom. The molecule has 8 heteroatoms. The molecular formula is C18H26ClN3O3S. The van der Waals surface area contributed by atoms with Gasteiger partial charge in [0.2, 0.25) is 5.91 Å². The van der Waals surface area contributed by atoms with E-state index in [9.17, 15) is 13.2 Å².